The molecule has 3 aromatic rings. The molecular formula is C29H23ClFN3O3S. The predicted molar refractivity (Wildman–Crippen MR) is 147 cm³/mol. The lowest BCUT2D eigenvalue weighted by atomic mass is 9.81. The topological polar surface area (TPSA) is 91.2 Å². The van der Waals surface area contributed by atoms with E-state index < -0.39 is 17.7 Å². The van der Waals surface area contributed by atoms with Crippen LogP contribution in [0.3, 0.4) is 0 Å². The van der Waals surface area contributed by atoms with Gasteiger partial charge in [0.05, 0.1) is 46.2 Å². The Morgan fingerprint density at radius 2 is 1.76 bits per heavy atom. The molecule has 0 aromatic heterocycles. The van der Waals surface area contributed by atoms with Gasteiger partial charge in [-0.05, 0) is 54.4 Å². The van der Waals surface area contributed by atoms with E-state index in [1.807, 2.05) is 30.3 Å². The Morgan fingerprint density at radius 1 is 1.08 bits per heavy atom. The zero-order valence-corrected chi connectivity index (χ0v) is 21.9. The Kier molecular flexibility index (Phi) is 8.85. The van der Waals surface area contributed by atoms with Crippen molar-refractivity contribution in [3.8, 4) is 6.07 Å². The molecule has 1 aliphatic rings. The average molecular weight is 548 g/mol. The number of nitrogens with zero attached hydrogens (tertiary/aromatic N) is 1. The molecule has 0 unspecified atom stereocenters. The van der Waals surface area contributed by atoms with Crippen LogP contribution in [0.2, 0.25) is 5.02 Å². The molecule has 0 aliphatic carbocycles. The van der Waals surface area contributed by atoms with Crippen LogP contribution in [0.15, 0.2) is 95.0 Å². The standard InChI is InChI=1S/C29H23ClFN3O3S/c1-2-37-29(36)26-25(18-8-10-20(30)11-9-18)23(16-32)28(34-27(26)19-6-4-3-5-7-19)38-17-24(35)33-22-14-12-21(31)13-15-22/h3-15,25,34H,2,17H2,1H3,(H,33,35)/t25-/m0/s1. The van der Waals surface area contributed by atoms with Crippen molar-refractivity contribution in [2.24, 2.45) is 0 Å². The van der Waals surface area contributed by atoms with Gasteiger partial charge in [-0.1, -0.05) is 65.8 Å². The van der Waals surface area contributed by atoms with Gasteiger partial charge in [-0.15, -0.1) is 0 Å². The van der Waals surface area contributed by atoms with E-state index in [1.54, 1.807) is 31.2 Å². The Labute approximate surface area is 229 Å². The van der Waals surface area contributed by atoms with Gasteiger partial charge in [-0.2, -0.15) is 5.26 Å². The van der Waals surface area contributed by atoms with Gasteiger partial charge >= 0.3 is 5.97 Å². The van der Waals surface area contributed by atoms with E-state index in [4.69, 9.17) is 16.3 Å². The van der Waals surface area contributed by atoms with E-state index in [1.165, 1.54) is 24.3 Å². The third-order valence-corrected chi connectivity index (χ3v) is 6.96. The molecule has 4 rings (SSSR count). The molecule has 3 aromatic carbocycles. The molecule has 38 heavy (non-hydrogen) atoms. The maximum Gasteiger partial charge on any atom is 0.337 e. The van der Waals surface area contributed by atoms with Crippen molar-refractivity contribution < 1.29 is 18.7 Å². The third kappa shape index (κ3) is 6.25. The molecule has 9 heteroatoms. The van der Waals surface area contributed by atoms with Crippen molar-refractivity contribution in [2.45, 2.75) is 12.8 Å². The van der Waals surface area contributed by atoms with Crippen LogP contribution in [0.1, 0.15) is 24.0 Å². The van der Waals surface area contributed by atoms with Gasteiger partial charge in [0, 0.05) is 10.7 Å². The van der Waals surface area contributed by atoms with Gasteiger partial charge in [0.2, 0.25) is 5.91 Å². The summed E-state index contributed by atoms with van der Waals surface area (Å²) >= 11 is 7.26. The number of amides is 1. The molecule has 0 fully saturated rings. The van der Waals surface area contributed by atoms with Crippen LogP contribution in [0.5, 0.6) is 0 Å². The number of halogens is 2. The summed E-state index contributed by atoms with van der Waals surface area (Å²) in [6.45, 7) is 1.88. The highest BCUT2D eigenvalue weighted by Crippen LogP contribution is 2.43. The minimum absolute atomic E-state index is 0.0327. The lowest BCUT2D eigenvalue weighted by Crippen LogP contribution is -2.29. The van der Waals surface area contributed by atoms with Crippen molar-refractivity contribution in [3.63, 3.8) is 0 Å². The highest BCUT2D eigenvalue weighted by molar-refractivity contribution is 8.03. The molecule has 0 saturated heterocycles. The number of dihydropyridines is 1. The Bertz CT molecular complexity index is 1430. The Hall–Kier alpha value is -4.06. The number of hydrogen-bond donors (Lipinski definition) is 2. The normalized spacial score (nSPS) is 14.9. The monoisotopic (exact) mass is 547 g/mol. The van der Waals surface area contributed by atoms with Crippen LogP contribution >= 0.6 is 23.4 Å². The van der Waals surface area contributed by atoms with Crippen LogP contribution < -0.4 is 10.6 Å². The number of carbonyl (C=O) groups excluding carboxylic acids is 2. The molecule has 192 valence electrons. The summed E-state index contributed by atoms with van der Waals surface area (Å²) in [6, 6.07) is 23.9. The summed E-state index contributed by atoms with van der Waals surface area (Å²) < 4.78 is 18.6. The summed E-state index contributed by atoms with van der Waals surface area (Å²) in [5.74, 6) is -2.08. The number of nitrogens with one attached hydrogen (secondary N) is 2. The zero-order valence-electron chi connectivity index (χ0n) is 20.3. The number of esters is 1. The van der Waals surface area contributed by atoms with Crippen LogP contribution in [0.25, 0.3) is 5.70 Å². The van der Waals surface area contributed by atoms with Crippen molar-refractivity contribution in [1.82, 2.24) is 5.32 Å². The van der Waals surface area contributed by atoms with Gasteiger partial charge in [-0.25, -0.2) is 9.18 Å². The maximum absolute atomic E-state index is 13.3. The number of allylic oxidation sites excluding steroid dienone is 1. The number of benzene rings is 3. The first-order valence-corrected chi connectivity index (χ1v) is 13.1. The number of nitriles is 1. The third-order valence-electron chi connectivity index (χ3n) is 5.69. The predicted octanol–water partition coefficient (Wildman–Crippen LogP) is 6.25. The number of carbonyl (C=O) groups is 2. The number of anilines is 1. The van der Waals surface area contributed by atoms with Crippen molar-refractivity contribution in [2.75, 3.05) is 17.7 Å². The molecule has 1 heterocycles. The number of rotatable bonds is 8. The summed E-state index contributed by atoms with van der Waals surface area (Å²) in [5.41, 5.74) is 2.91. The van der Waals surface area contributed by atoms with Gasteiger partial charge in [0.15, 0.2) is 0 Å². The maximum atomic E-state index is 13.3. The summed E-state index contributed by atoms with van der Waals surface area (Å²) in [4.78, 5) is 26.0. The molecule has 0 saturated carbocycles. The van der Waals surface area contributed by atoms with Crippen molar-refractivity contribution in [3.05, 3.63) is 117 Å². The fourth-order valence-electron chi connectivity index (χ4n) is 4.01. The first-order valence-electron chi connectivity index (χ1n) is 11.7. The molecule has 2 N–H and O–H groups in total. The second-order valence-electron chi connectivity index (χ2n) is 8.18. The smallest absolute Gasteiger partial charge is 0.337 e. The van der Waals surface area contributed by atoms with E-state index in [0.29, 0.717) is 27.0 Å². The lowest BCUT2D eigenvalue weighted by molar-refractivity contribution is -0.138. The minimum atomic E-state index is -0.754. The van der Waals surface area contributed by atoms with E-state index in [-0.39, 0.29) is 29.4 Å². The van der Waals surface area contributed by atoms with Gasteiger partial charge in [-0.3, -0.25) is 4.79 Å². The van der Waals surface area contributed by atoms with E-state index >= 15 is 0 Å². The molecule has 0 spiro atoms. The van der Waals surface area contributed by atoms with Crippen molar-refractivity contribution >= 4 is 46.6 Å². The minimum Gasteiger partial charge on any atom is -0.463 e. The molecule has 0 bridgehead atoms. The summed E-state index contributed by atoms with van der Waals surface area (Å²) in [6.07, 6.45) is 0. The number of ether oxygens (including phenoxy) is 1. The number of hydrogen-bond acceptors (Lipinski definition) is 6. The van der Waals surface area contributed by atoms with Gasteiger partial charge in [0.25, 0.3) is 0 Å². The molecule has 1 atom stereocenters. The van der Waals surface area contributed by atoms with Gasteiger partial charge < -0.3 is 15.4 Å². The Balaban J connectivity index is 1.75. The molecular weight excluding hydrogens is 525 g/mol. The molecule has 1 amide bonds. The molecule has 6 nitrogen and oxygen atoms in total. The fourth-order valence-corrected chi connectivity index (χ4v) is 4.98. The van der Waals surface area contributed by atoms with E-state index in [9.17, 15) is 19.2 Å². The van der Waals surface area contributed by atoms with Crippen LogP contribution in [-0.2, 0) is 14.3 Å². The lowest BCUT2D eigenvalue weighted by Gasteiger charge is -2.30. The molecule has 1 aliphatic heterocycles. The largest absolute Gasteiger partial charge is 0.463 e. The highest BCUT2D eigenvalue weighted by atomic mass is 35.5. The fraction of sp³-hybridized carbons (Fsp3) is 0.138. The second kappa shape index (κ2) is 12.5. The Morgan fingerprint density at radius 3 is 2.39 bits per heavy atom. The van der Waals surface area contributed by atoms with Crippen LogP contribution in [0.4, 0.5) is 10.1 Å². The quantitative estimate of drug-likeness (QED) is 0.324. The van der Waals surface area contributed by atoms with Crippen molar-refractivity contribution in [1.29, 1.82) is 5.26 Å². The summed E-state index contributed by atoms with van der Waals surface area (Å²) in [5, 5.41) is 17.2. The van der Waals surface area contributed by atoms with E-state index in [2.05, 4.69) is 16.7 Å². The second-order valence-corrected chi connectivity index (χ2v) is 9.61. The average Bonchev–Trinajstić information content (AvgIpc) is 2.93. The highest BCUT2D eigenvalue weighted by Gasteiger charge is 2.37. The SMILES string of the molecule is CCOC(=O)C1=C(c2ccccc2)NC(SCC(=O)Nc2ccc(F)cc2)=C(C#N)[C@@H]1c1ccc(Cl)cc1. The van der Waals surface area contributed by atoms with Crippen LogP contribution in [-0.4, -0.2) is 24.2 Å². The van der Waals surface area contributed by atoms with Crippen LogP contribution in [0, 0.1) is 17.1 Å². The summed E-state index contributed by atoms with van der Waals surface area (Å²) in [7, 11) is 0. The molecule has 0 radical (unpaired) electrons. The van der Waals surface area contributed by atoms with Gasteiger partial charge in [0.1, 0.15) is 5.82 Å². The zero-order chi connectivity index (χ0) is 27.1. The first-order chi connectivity index (χ1) is 18.4. The number of thioether (sulfide) groups is 1. The van der Waals surface area contributed by atoms with E-state index in [0.717, 1.165) is 17.3 Å². The first kappa shape index (κ1) is 27.0.